The van der Waals surface area contributed by atoms with E-state index in [9.17, 15) is 9.59 Å². The van der Waals surface area contributed by atoms with Crippen molar-refractivity contribution in [3.05, 3.63) is 64.2 Å². The van der Waals surface area contributed by atoms with Crippen molar-refractivity contribution in [2.75, 3.05) is 27.3 Å². The van der Waals surface area contributed by atoms with Crippen LogP contribution in [-0.4, -0.2) is 47.7 Å². The lowest BCUT2D eigenvalue weighted by Crippen LogP contribution is -2.39. The number of piperidine rings is 1. The molecule has 0 saturated carbocycles. The number of fused-ring (bicyclic) bond motifs is 1. The number of benzene rings is 2. The highest BCUT2D eigenvalue weighted by atomic mass is 16.5. The van der Waals surface area contributed by atoms with Crippen molar-refractivity contribution < 1.29 is 14.3 Å². The summed E-state index contributed by atoms with van der Waals surface area (Å²) in [5, 5.41) is 0.475. The molecule has 1 amide bonds. The molecule has 1 aliphatic heterocycles. The Kier molecular flexibility index (Phi) is 6.25. The molecule has 3 aromatic rings. The molecule has 166 valence electrons. The molecule has 0 unspecified atom stereocenters. The van der Waals surface area contributed by atoms with Crippen molar-refractivity contribution in [2.45, 2.75) is 26.2 Å². The van der Waals surface area contributed by atoms with Crippen LogP contribution in [0.1, 0.15) is 30.7 Å². The van der Waals surface area contributed by atoms with Crippen molar-refractivity contribution in [2.24, 2.45) is 0 Å². The SMILES string of the molecule is COc1ccc(/C=C(\C(=O)N2CCCCC2)n2c(C)nc3ccccc3c2=O)cc1OC. The normalized spacial score (nSPS) is 14.5. The zero-order valence-corrected chi connectivity index (χ0v) is 18.6. The lowest BCUT2D eigenvalue weighted by atomic mass is 10.1. The Morgan fingerprint density at radius 3 is 2.44 bits per heavy atom. The van der Waals surface area contributed by atoms with Gasteiger partial charge in [0.15, 0.2) is 11.5 Å². The fourth-order valence-corrected chi connectivity index (χ4v) is 4.11. The first-order valence-electron chi connectivity index (χ1n) is 10.7. The number of nitrogens with zero attached hydrogens (tertiary/aromatic N) is 3. The van der Waals surface area contributed by atoms with E-state index in [1.165, 1.54) is 4.57 Å². The minimum atomic E-state index is -0.259. The Balaban J connectivity index is 1.91. The van der Waals surface area contributed by atoms with Gasteiger partial charge in [-0.05, 0) is 62.1 Å². The van der Waals surface area contributed by atoms with Gasteiger partial charge in [0.1, 0.15) is 11.5 Å². The number of aromatic nitrogens is 2. The van der Waals surface area contributed by atoms with Gasteiger partial charge >= 0.3 is 0 Å². The number of likely N-dealkylation sites (tertiary alicyclic amines) is 1. The Bertz CT molecular complexity index is 1240. The van der Waals surface area contributed by atoms with Gasteiger partial charge in [0.25, 0.3) is 11.5 Å². The molecule has 2 heterocycles. The van der Waals surface area contributed by atoms with Gasteiger partial charge in [-0.2, -0.15) is 0 Å². The Morgan fingerprint density at radius 2 is 1.72 bits per heavy atom. The maximum atomic E-state index is 13.6. The summed E-state index contributed by atoms with van der Waals surface area (Å²) in [6.07, 6.45) is 4.75. The highest BCUT2D eigenvalue weighted by molar-refractivity contribution is 6.18. The predicted octanol–water partition coefficient (Wildman–Crippen LogP) is 3.73. The second kappa shape index (κ2) is 9.26. The van der Waals surface area contributed by atoms with E-state index in [1.54, 1.807) is 57.6 Å². The summed E-state index contributed by atoms with van der Waals surface area (Å²) in [6.45, 7) is 3.10. The van der Waals surface area contributed by atoms with Gasteiger partial charge in [-0.15, -0.1) is 0 Å². The fourth-order valence-electron chi connectivity index (χ4n) is 4.11. The van der Waals surface area contributed by atoms with Gasteiger partial charge in [-0.25, -0.2) is 4.98 Å². The first-order valence-corrected chi connectivity index (χ1v) is 10.7. The average Bonchev–Trinajstić information content (AvgIpc) is 2.83. The molecule has 0 N–H and O–H groups in total. The summed E-state index contributed by atoms with van der Waals surface area (Å²) in [4.78, 5) is 33.5. The molecule has 0 radical (unpaired) electrons. The third kappa shape index (κ3) is 4.10. The van der Waals surface area contributed by atoms with Crippen LogP contribution in [0.2, 0.25) is 0 Å². The van der Waals surface area contributed by atoms with Crippen molar-refractivity contribution in [1.82, 2.24) is 14.5 Å². The summed E-state index contributed by atoms with van der Waals surface area (Å²) >= 11 is 0. The number of amides is 1. The number of rotatable bonds is 5. The van der Waals surface area contributed by atoms with Crippen LogP contribution in [0.3, 0.4) is 0 Å². The Labute approximate surface area is 186 Å². The van der Waals surface area contributed by atoms with E-state index in [0.29, 0.717) is 41.3 Å². The summed E-state index contributed by atoms with van der Waals surface area (Å²) in [6, 6.07) is 12.6. The topological polar surface area (TPSA) is 73.7 Å². The van der Waals surface area contributed by atoms with E-state index >= 15 is 0 Å². The van der Waals surface area contributed by atoms with Gasteiger partial charge < -0.3 is 14.4 Å². The maximum Gasteiger partial charge on any atom is 0.271 e. The van der Waals surface area contributed by atoms with E-state index < -0.39 is 0 Å². The number of para-hydroxylation sites is 1. The number of carbonyl (C=O) groups excluding carboxylic acids is 1. The molecular formula is C25H27N3O4. The standard InChI is InChI=1S/C25H27N3O4/c1-17-26-20-10-6-5-9-19(20)24(29)28(17)21(25(30)27-13-7-4-8-14-27)15-18-11-12-22(31-2)23(16-18)32-3/h5-6,9-12,15-16H,4,7-8,13-14H2,1-3H3/b21-15+. The zero-order valence-electron chi connectivity index (χ0n) is 18.6. The van der Waals surface area contributed by atoms with Gasteiger partial charge in [0.2, 0.25) is 0 Å². The highest BCUT2D eigenvalue weighted by Crippen LogP contribution is 2.29. The largest absolute Gasteiger partial charge is 0.493 e. The first kappa shape index (κ1) is 21.6. The Morgan fingerprint density at radius 1 is 1.00 bits per heavy atom. The minimum Gasteiger partial charge on any atom is -0.493 e. The van der Waals surface area contributed by atoms with Crippen LogP contribution >= 0.6 is 0 Å². The summed E-state index contributed by atoms with van der Waals surface area (Å²) in [7, 11) is 3.13. The number of methoxy groups -OCH3 is 2. The van der Waals surface area contributed by atoms with Crippen molar-refractivity contribution in [3.8, 4) is 11.5 Å². The van der Waals surface area contributed by atoms with E-state index in [-0.39, 0.29) is 17.2 Å². The van der Waals surface area contributed by atoms with Crippen molar-refractivity contribution in [1.29, 1.82) is 0 Å². The molecule has 7 nitrogen and oxygen atoms in total. The molecule has 0 spiro atoms. The second-order valence-electron chi connectivity index (χ2n) is 7.81. The number of hydrogen-bond donors (Lipinski definition) is 0. The molecule has 4 rings (SSSR count). The minimum absolute atomic E-state index is 0.179. The smallest absolute Gasteiger partial charge is 0.271 e. The molecule has 2 aromatic carbocycles. The van der Waals surface area contributed by atoms with E-state index in [0.717, 1.165) is 24.8 Å². The highest BCUT2D eigenvalue weighted by Gasteiger charge is 2.24. The van der Waals surface area contributed by atoms with Gasteiger partial charge in [0.05, 0.1) is 25.1 Å². The van der Waals surface area contributed by atoms with Crippen LogP contribution in [0.25, 0.3) is 22.7 Å². The van der Waals surface area contributed by atoms with E-state index in [4.69, 9.17) is 9.47 Å². The number of hydrogen-bond acceptors (Lipinski definition) is 5. The lowest BCUT2D eigenvalue weighted by molar-refractivity contribution is -0.126. The van der Waals surface area contributed by atoms with Gasteiger partial charge in [-0.3, -0.25) is 14.2 Å². The van der Waals surface area contributed by atoms with E-state index in [2.05, 4.69) is 4.98 Å². The lowest BCUT2D eigenvalue weighted by Gasteiger charge is -2.28. The number of aryl methyl sites for hydroxylation is 1. The third-order valence-corrected chi connectivity index (χ3v) is 5.76. The molecule has 32 heavy (non-hydrogen) atoms. The number of ether oxygens (including phenoxy) is 2. The molecule has 1 fully saturated rings. The van der Waals surface area contributed by atoms with Crippen LogP contribution in [0.5, 0.6) is 11.5 Å². The average molecular weight is 434 g/mol. The molecule has 1 aromatic heterocycles. The summed E-state index contributed by atoms with van der Waals surface area (Å²) < 4.78 is 12.2. The summed E-state index contributed by atoms with van der Waals surface area (Å²) in [5.74, 6) is 1.42. The van der Waals surface area contributed by atoms with Gasteiger partial charge in [-0.1, -0.05) is 18.2 Å². The van der Waals surface area contributed by atoms with Crippen molar-refractivity contribution >= 4 is 28.6 Å². The third-order valence-electron chi connectivity index (χ3n) is 5.76. The molecule has 1 aliphatic rings. The molecule has 0 atom stereocenters. The Hall–Kier alpha value is -3.61. The molecular weight excluding hydrogens is 406 g/mol. The zero-order chi connectivity index (χ0) is 22.7. The fraction of sp³-hybridized carbons (Fsp3) is 0.320. The quantitative estimate of drug-likeness (QED) is 0.573. The molecule has 7 heteroatoms. The summed E-state index contributed by atoms with van der Waals surface area (Å²) in [5.41, 5.74) is 1.36. The van der Waals surface area contributed by atoms with Gasteiger partial charge in [0, 0.05) is 13.1 Å². The monoisotopic (exact) mass is 433 g/mol. The molecule has 1 saturated heterocycles. The molecule has 0 bridgehead atoms. The maximum absolute atomic E-state index is 13.6. The molecule has 0 aliphatic carbocycles. The van der Waals surface area contributed by atoms with Crippen molar-refractivity contribution in [3.63, 3.8) is 0 Å². The van der Waals surface area contributed by atoms with Crippen LogP contribution in [0, 0.1) is 6.92 Å². The second-order valence-corrected chi connectivity index (χ2v) is 7.81. The van der Waals surface area contributed by atoms with Crippen LogP contribution in [0.4, 0.5) is 0 Å². The van der Waals surface area contributed by atoms with Crippen LogP contribution < -0.4 is 15.0 Å². The number of carbonyl (C=O) groups is 1. The van der Waals surface area contributed by atoms with Crippen LogP contribution in [-0.2, 0) is 4.79 Å². The van der Waals surface area contributed by atoms with E-state index in [1.807, 2.05) is 17.0 Å². The first-order chi connectivity index (χ1) is 15.5. The van der Waals surface area contributed by atoms with Crippen LogP contribution in [0.15, 0.2) is 47.3 Å². The predicted molar refractivity (Wildman–Crippen MR) is 125 cm³/mol.